The summed E-state index contributed by atoms with van der Waals surface area (Å²) in [6.07, 6.45) is 5.74. The molecule has 1 unspecified atom stereocenters. The molecule has 2 aliphatic rings. The first-order chi connectivity index (χ1) is 9.77. The average Bonchev–Trinajstić information content (AvgIpc) is 2.40. The molecule has 0 radical (unpaired) electrons. The zero-order chi connectivity index (χ0) is 15.8. The summed E-state index contributed by atoms with van der Waals surface area (Å²) in [6.45, 7) is 7.73. The van der Waals surface area contributed by atoms with Crippen LogP contribution >= 0.6 is 0 Å². The van der Waals surface area contributed by atoms with Crippen LogP contribution in [-0.2, 0) is 19.1 Å². The Morgan fingerprint density at radius 1 is 1.33 bits per heavy atom. The lowest BCUT2D eigenvalue weighted by molar-refractivity contribution is -0.172. The lowest BCUT2D eigenvalue weighted by Crippen LogP contribution is -2.55. The van der Waals surface area contributed by atoms with Gasteiger partial charge in [-0.3, -0.25) is 9.59 Å². The molecule has 0 aromatic carbocycles. The van der Waals surface area contributed by atoms with E-state index in [2.05, 4.69) is 20.8 Å². The molecule has 2 aliphatic carbocycles. The van der Waals surface area contributed by atoms with Crippen molar-refractivity contribution in [2.75, 3.05) is 0 Å². The molecule has 21 heavy (non-hydrogen) atoms. The maximum absolute atomic E-state index is 11.6. The minimum Gasteiger partial charge on any atom is -0.462 e. The lowest BCUT2D eigenvalue weighted by Gasteiger charge is -2.57. The Balaban J connectivity index is 2.40. The third kappa shape index (κ3) is 2.45. The van der Waals surface area contributed by atoms with Crippen molar-refractivity contribution in [3.05, 3.63) is 11.6 Å². The van der Waals surface area contributed by atoms with Gasteiger partial charge in [-0.05, 0) is 36.2 Å². The third-order valence-corrected chi connectivity index (χ3v) is 5.71. The van der Waals surface area contributed by atoms with Gasteiger partial charge in [0.1, 0.15) is 18.7 Å². The first-order valence-electron chi connectivity index (χ1n) is 7.55. The van der Waals surface area contributed by atoms with Crippen molar-refractivity contribution >= 4 is 18.5 Å². The largest absolute Gasteiger partial charge is 0.462 e. The van der Waals surface area contributed by atoms with Crippen LogP contribution < -0.4 is 0 Å². The van der Waals surface area contributed by atoms with Crippen LogP contribution in [0.3, 0.4) is 0 Å². The summed E-state index contributed by atoms with van der Waals surface area (Å²) >= 11 is 0. The van der Waals surface area contributed by atoms with Gasteiger partial charge in [0, 0.05) is 18.3 Å². The van der Waals surface area contributed by atoms with E-state index in [9.17, 15) is 14.4 Å². The Bertz CT molecular complexity index is 491. The fourth-order valence-corrected chi connectivity index (χ4v) is 4.54. The van der Waals surface area contributed by atoms with Crippen molar-refractivity contribution in [2.24, 2.45) is 22.7 Å². The highest BCUT2D eigenvalue weighted by atomic mass is 16.5. The van der Waals surface area contributed by atoms with Gasteiger partial charge in [0.2, 0.25) is 0 Å². The van der Waals surface area contributed by atoms with Crippen molar-refractivity contribution < 1.29 is 19.1 Å². The van der Waals surface area contributed by atoms with E-state index in [0.29, 0.717) is 5.57 Å². The SMILES string of the molecule is CC(=O)O[C@@H]1CC[C@@]2(C)C(CC=C(C=O)[C@@H]2C=O)C1(C)C. The van der Waals surface area contributed by atoms with Gasteiger partial charge < -0.3 is 9.53 Å². The summed E-state index contributed by atoms with van der Waals surface area (Å²) in [5.74, 6) is -0.406. The van der Waals surface area contributed by atoms with E-state index in [0.717, 1.165) is 31.8 Å². The van der Waals surface area contributed by atoms with Crippen molar-refractivity contribution in [2.45, 2.75) is 53.1 Å². The predicted molar refractivity (Wildman–Crippen MR) is 78.5 cm³/mol. The summed E-state index contributed by atoms with van der Waals surface area (Å²) < 4.78 is 5.51. The monoisotopic (exact) mass is 292 g/mol. The summed E-state index contributed by atoms with van der Waals surface area (Å²) in [5.41, 5.74) is 0.142. The Hall–Kier alpha value is -1.45. The average molecular weight is 292 g/mol. The van der Waals surface area contributed by atoms with Crippen LogP contribution in [0.4, 0.5) is 0 Å². The van der Waals surface area contributed by atoms with E-state index < -0.39 is 0 Å². The Morgan fingerprint density at radius 2 is 2.00 bits per heavy atom. The number of aldehydes is 2. The van der Waals surface area contributed by atoms with E-state index in [1.165, 1.54) is 6.92 Å². The zero-order valence-electron chi connectivity index (χ0n) is 13.2. The van der Waals surface area contributed by atoms with Crippen LogP contribution in [0.15, 0.2) is 11.6 Å². The second-order valence-electron chi connectivity index (χ2n) is 7.19. The molecule has 0 aliphatic heterocycles. The van der Waals surface area contributed by atoms with Crippen molar-refractivity contribution in [3.8, 4) is 0 Å². The van der Waals surface area contributed by atoms with Crippen LogP contribution in [0.1, 0.15) is 47.0 Å². The number of fused-ring (bicyclic) bond motifs is 1. The van der Waals surface area contributed by atoms with Gasteiger partial charge in [-0.15, -0.1) is 0 Å². The molecule has 4 atom stereocenters. The molecular formula is C17H24O4. The summed E-state index contributed by atoms with van der Waals surface area (Å²) in [5, 5.41) is 0. The number of ether oxygens (including phenoxy) is 1. The molecule has 4 nitrogen and oxygen atoms in total. The van der Waals surface area contributed by atoms with E-state index in [-0.39, 0.29) is 34.7 Å². The van der Waals surface area contributed by atoms with Gasteiger partial charge in [0.25, 0.3) is 0 Å². The quantitative estimate of drug-likeness (QED) is 0.593. The number of carbonyl (C=O) groups is 3. The second kappa shape index (κ2) is 5.39. The van der Waals surface area contributed by atoms with E-state index in [1.807, 2.05) is 6.08 Å². The smallest absolute Gasteiger partial charge is 0.302 e. The fourth-order valence-electron chi connectivity index (χ4n) is 4.54. The second-order valence-corrected chi connectivity index (χ2v) is 7.19. The maximum Gasteiger partial charge on any atom is 0.302 e. The molecular weight excluding hydrogens is 268 g/mol. The van der Waals surface area contributed by atoms with Gasteiger partial charge in [0.05, 0.1) is 0 Å². The van der Waals surface area contributed by atoms with Crippen molar-refractivity contribution in [1.82, 2.24) is 0 Å². The molecule has 1 fully saturated rings. The Kier molecular flexibility index (Phi) is 4.09. The molecule has 2 rings (SSSR count). The van der Waals surface area contributed by atoms with Crippen LogP contribution in [0.5, 0.6) is 0 Å². The Morgan fingerprint density at radius 3 is 2.52 bits per heavy atom. The standard InChI is InChI=1S/C17H24O4/c1-11(20)21-15-7-8-17(4)13(10-19)12(9-18)5-6-14(17)16(15,2)3/h5,9-10,13-15H,6-8H2,1-4H3/t13-,14?,15+,17+/m0/s1. The lowest BCUT2D eigenvalue weighted by atomic mass is 9.48. The first-order valence-corrected chi connectivity index (χ1v) is 7.55. The van der Waals surface area contributed by atoms with Gasteiger partial charge in [-0.25, -0.2) is 0 Å². The highest BCUT2D eigenvalue weighted by Crippen LogP contribution is 2.59. The highest BCUT2D eigenvalue weighted by Gasteiger charge is 2.56. The normalized spacial score (nSPS) is 37.9. The van der Waals surface area contributed by atoms with Crippen molar-refractivity contribution in [1.29, 1.82) is 0 Å². The van der Waals surface area contributed by atoms with Gasteiger partial charge in [0.15, 0.2) is 0 Å². The number of carbonyl (C=O) groups excluding carboxylic acids is 3. The summed E-state index contributed by atoms with van der Waals surface area (Å²) in [7, 11) is 0. The van der Waals surface area contributed by atoms with E-state index >= 15 is 0 Å². The minimum absolute atomic E-state index is 0.133. The number of esters is 1. The van der Waals surface area contributed by atoms with Crippen LogP contribution in [0, 0.1) is 22.7 Å². The molecule has 0 heterocycles. The van der Waals surface area contributed by atoms with Crippen LogP contribution in [0.25, 0.3) is 0 Å². The van der Waals surface area contributed by atoms with Crippen LogP contribution in [-0.4, -0.2) is 24.6 Å². The zero-order valence-corrected chi connectivity index (χ0v) is 13.2. The Labute approximate surface area is 125 Å². The number of hydrogen-bond donors (Lipinski definition) is 0. The molecule has 0 aromatic heterocycles. The van der Waals surface area contributed by atoms with Gasteiger partial charge >= 0.3 is 5.97 Å². The molecule has 4 heteroatoms. The van der Waals surface area contributed by atoms with E-state index in [4.69, 9.17) is 4.74 Å². The van der Waals surface area contributed by atoms with Gasteiger partial charge in [-0.1, -0.05) is 26.8 Å². The van der Waals surface area contributed by atoms with Gasteiger partial charge in [-0.2, -0.15) is 0 Å². The molecule has 116 valence electrons. The predicted octanol–water partition coefficient (Wildman–Crippen LogP) is 2.70. The summed E-state index contributed by atoms with van der Waals surface area (Å²) in [4.78, 5) is 34.1. The van der Waals surface area contributed by atoms with Crippen molar-refractivity contribution in [3.63, 3.8) is 0 Å². The minimum atomic E-state index is -0.355. The van der Waals surface area contributed by atoms with E-state index in [1.54, 1.807) is 0 Å². The molecule has 0 bridgehead atoms. The number of allylic oxidation sites excluding steroid dienone is 2. The number of hydrogen-bond acceptors (Lipinski definition) is 4. The molecule has 0 spiro atoms. The number of rotatable bonds is 3. The molecule has 0 N–H and O–H groups in total. The topological polar surface area (TPSA) is 60.4 Å². The molecule has 0 aromatic rings. The summed E-state index contributed by atoms with van der Waals surface area (Å²) in [6, 6.07) is 0. The fraction of sp³-hybridized carbons (Fsp3) is 0.706. The first kappa shape index (κ1) is 15.9. The molecule has 1 saturated carbocycles. The molecule has 0 saturated heterocycles. The highest BCUT2D eigenvalue weighted by molar-refractivity contribution is 5.82. The van der Waals surface area contributed by atoms with Crippen LogP contribution in [0.2, 0.25) is 0 Å². The molecule has 0 amide bonds. The third-order valence-electron chi connectivity index (χ3n) is 5.71. The maximum atomic E-state index is 11.6.